The smallest absolute Gasteiger partial charge is 0.243 e. The Bertz CT molecular complexity index is 644. The molecule has 0 atom stereocenters. The number of benzene rings is 2. The summed E-state index contributed by atoms with van der Waals surface area (Å²) in [5.41, 5.74) is 1.27. The Hall–Kier alpha value is -2.76. The zero-order chi connectivity index (χ0) is 15.9. The molecular formula is C16H17FN2O3. The van der Waals surface area contributed by atoms with Crippen molar-refractivity contribution in [2.24, 2.45) is 0 Å². The first-order valence-electron chi connectivity index (χ1n) is 6.63. The molecule has 2 N–H and O–H groups in total. The standard InChI is InChI=1S/C16H17FN2O3/c1-21-14-8-7-13(9-15(14)22-2)19-16(20)10-18-12-5-3-11(17)4-6-12/h3-9,18H,10H2,1-2H3,(H,19,20). The molecule has 0 spiro atoms. The summed E-state index contributed by atoms with van der Waals surface area (Å²) in [5.74, 6) is 0.577. The molecule has 0 unspecified atom stereocenters. The van der Waals surface area contributed by atoms with Gasteiger partial charge in [-0.2, -0.15) is 0 Å². The van der Waals surface area contributed by atoms with Crippen LogP contribution in [-0.2, 0) is 4.79 Å². The first-order chi connectivity index (χ1) is 10.6. The van der Waals surface area contributed by atoms with Crippen molar-refractivity contribution in [1.29, 1.82) is 0 Å². The van der Waals surface area contributed by atoms with E-state index in [4.69, 9.17) is 9.47 Å². The van der Waals surface area contributed by atoms with Gasteiger partial charge in [-0.25, -0.2) is 4.39 Å². The van der Waals surface area contributed by atoms with Crippen LogP contribution >= 0.6 is 0 Å². The number of nitrogens with one attached hydrogen (secondary N) is 2. The van der Waals surface area contributed by atoms with Gasteiger partial charge in [-0.05, 0) is 36.4 Å². The minimum absolute atomic E-state index is 0.0694. The van der Waals surface area contributed by atoms with Crippen molar-refractivity contribution < 1.29 is 18.7 Å². The summed E-state index contributed by atoms with van der Waals surface area (Å²) in [5, 5.41) is 5.65. The summed E-state index contributed by atoms with van der Waals surface area (Å²) in [6.45, 7) is 0.0694. The van der Waals surface area contributed by atoms with E-state index in [1.54, 1.807) is 37.4 Å². The Balaban J connectivity index is 1.93. The van der Waals surface area contributed by atoms with E-state index in [0.29, 0.717) is 22.9 Å². The number of rotatable bonds is 6. The molecule has 0 aliphatic carbocycles. The van der Waals surface area contributed by atoms with Crippen LogP contribution in [0.1, 0.15) is 0 Å². The van der Waals surface area contributed by atoms with Gasteiger partial charge in [0.1, 0.15) is 5.82 Å². The number of methoxy groups -OCH3 is 2. The number of carbonyl (C=O) groups is 1. The molecule has 0 heterocycles. The van der Waals surface area contributed by atoms with Gasteiger partial charge in [0, 0.05) is 17.4 Å². The lowest BCUT2D eigenvalue weighted by molar-refractivity contribution is -0.114. The average molecular weight is 304 g/mol. The summed E-state index contributed by atoms with van der Waals surface area (Å²) in [7, 11) is 3.07. The van der Waals surface area contributed by atoms with Crippen LogP contribution in [0.3, 0.4) is 0 Å². The molecule has 0 aliphatic rings. The second kappa shape index (κ2) is 7.31. The van der Waals surface area contributed by atoms with Gasteiger partial charge in [-0.3, -0.25) is 4.79 Å². The molecule has 2 rings (SSSR count). The first-order valence-corrected chi connectivity index (χ1v) is 6.63. The topological polar surface area (TPSA) is 59.6 Å². The zero-order valence-corrected chi connectivity index (χ0v) is 12.4. The zero-order valence-electron chi connectivity index (χ0n) is 12.4. The van der Waals surface area contributed by atoms with Crippen LogP contribution in [-0.4, -0.2) is 26.7 Å². The third-order valence-electron chi connectivity index (χ3n) is 2.96. The van der Waals surface area contributed by atoms with Gasteiger partial charge in [0.15, 0.2) is 11.5 Å². The predicted octanol–water partition coefficient (Wildman–Crippen LogP) is 2.89. The van der Waals surface area contributed by atoms with Gasteiger partial charge < -0.3 is 20.1 Å². The molecule has 1 amide bonds. The Morgan fingerprint density at radius 3 is 2.27 bits per heavy atom. The molecule has 5 nitrogen and oxygen atoms in total. The van der Waals surface area contributed by atoms with Gasteiger partial charge in [0.05, 0.1) is 20.8 Å². The quantitative estimate of drug-likeness (QED) is 0.861. The fraction of sp³-hybridized carbons (Fsp3) is 0.188. The molecule has 0 aromatic heterocycles. The fourth-order valence-corrected chi connectivity index (χ4v) is 1.87. The van der Waals surface area contributed by atoms with E-state index >= 15 is 0 Å². The number of carbonyl (C=O) groups excluding carboxylic acids is 1. The minimum atomic E-state index is -0.319. The van der Waals surface area contributed by atoms with E-state index in [2.05, 4.69) is 10.6 Å². The molecule has 116 valence electrons. The Morgan fingerprint density at radius 2 is 1.64 bits per heavy atom. The number of ether oxygens (including phenoxy) is 2. The normalized spacial score (nSPS) is 9.95. The van der Waals surface area contributed by atoms with E-state index in [1.807, 2.05) is 0 Å². The minimum Gasteiger partial charge on any atom is -0.493 e. The van der Waals surface area contributed by atoms with Gasteiger partial charge in [-0.15, -0.1) is 0 Å². The maximum absolute atomic E-state index is 12.8. The van der Waals surface area contributed by atoms with Gasteiger partial charge in [0.2, 0.25) is 5.91 Å². The van der Waals surface area contributed by atoms with Crippen molar-refractivity contribution >= 4 is 17.3 Å². The second-order valence-corrected chi connectivity index (χ2v) is 4.48. The van der Waals surface area contributed by atoms with E-state index in [9.17, 15) is 9.18 Å². The molecule has 0 saturated heterocycles. The van der Waals surface area contributed by atoms with Crippen LogP contribution < -0.4 is 20.1 Å². The Kier molecular flexibility index (Phi) is 5.19. The molecule has 0 bridgehead atoms. The number of anilines is 2. The highest BCUT2D eigenvalue weighted by Gasteiger charge is 2.07. The fourth-order valence-electron chi connectivity index (χ4n) is 1.87. The predicted molar refractivity (Wildman–Crippen MR) is 83.1 cm³/mol. The lowest BCUT2D eigenvalue weighted by atomic mass is 10.2. The van der Waals surface area contributed by atoms with Crippen molar-refractivity contribution in [2.75, 3.05) is 31.4 Å². The molecular weight excluding hydrogens is 287 g/mol. The number of hydrogen-bond donors (Lipinski definition) is 2. The van der Waals surface area contributed by atoms with E-state index in [0.717, 1.165) is 0 Å². The highest BCUT2D eigenvalue weighted by atomic mass is 19.1. The maximum atomic E-state index is 12.8. The van der Waals surface area contributed by atoms with Crippen LogP contribution in [0.4, 0.5) is 15.8 Å². The Morgan fingerprint density at radius 1 is 1.00 bits per heavy atom. The van der Waals surface area contributed by atoms with Crippen LogP contribution in [0.25, 0.3) is 0 Å². The van der Waals surface area contributed by atoms with Gasteiger partial charge >= 0.3 is 0 Å². The summed E-state index contributed by atoms with van der Waals surface area (Å²) in [6.07, 6.45) is 0. The second-order valence-electron chi connectivity index (χ2n) is 4.48. The average Bonchev–Trinajstić information content (AvgIpc) is 2.54. The molecule has 0 saturated carbocycles. The number of halogens is 1. The van der Waals surface area contributed by atoms with Crippen molar-refractivity contribution in [3.05, 3.63) is 48.3 Å². The highest BCUT2D eigenvalue weighted by molar-refractivity contribution is 5.94. The first kappa shape index (κ1) is 15.6. The lowest BCUT2D eigenvalue weighted by Crippen LogP contribution is -2.21. The largest absolute Gasteiger partial charge is 0.493 e. The molecule has 2 aromatic carbocycles. The maximum Gasteiger partial charge on any atom is 0.243 e. The molecule has 0 radical (unpaired) electrons. The molecule has 0 aliphatic heterocycles. The monoisotopic (exact) mass is 304 g/mol. The van der Waals surface area contributed by atoms with Gasteiger partial charge in [0.25, 0.3) is 0 Å². The third kappa shape index (κ3) is 4.12. The molecule has 2 aromatic rings. The van der Waals surface area contributed by atoms with Crippen LogP contribution in [0.15, 0.2) is 42.5 Å². The highest BCUT2D eigenvalue weighted by Crippen LogP contribution is 2.29. The van der Waals surface area contributed by atoms with Crippen molar-refractivity contribution in [2.45, 2.75) is 0 Å². The third-order valence-corrected chi connectivity index (χ3v) is 2.96. The summed E-state index contributed by atoms with van der Waals surface area (Å²) in [6, 6.07) is 10.9. The molecule has 22 heavy (non-hydrogen) atoms. The lowest BCUT2D eigenvalue weighted by Gasteiger charge is -2.11. The SMILES string of the molecule is COc1ccc(NC(=O)CNc2ccc(F)cc2)cc1OC. The van der Waals surface area contributed by atoms with Crippen LogP contribution in [0.5, 0.6) is 11.5 Å². The molecule has 0 fully saturated rings. The summed E-state index contributed by atoms with van der Waals surface area (Å²) < 4.78 is 23.1. The van der Waals surface area contributed by atoms with Crippen molar-refractivity contribution in [1.82, 2.24) is 0 Å². The van der Waals surface area contributed by atoms with Gasteiger partial charge in [-0.1, -0.05) is 0 Å². The molecule has 6 heteroatoms. The van der Waals surface area contributed by atoms with E-state index in [-0.39, 0.29) is 18.3 Å². The Labute approximate surface area is 128 Å². The van der Waals surface area contributed by atoms with E-state index < -0.39 is 0 Å². The van der Waals surface area contributed by atoms with E-state index in [1.165, 1.54) is 19.2 Å². The van der Waals surface area contributed by atoms with Crippen LogP contribution in [0.2, 0.25) is 0 Å². The van der Waals surface area contributed by atoms with Crippen molar-refractivity contribution in [3.63, 3.8) is 0 Å². The summed E-state index contributed by atoms with van der Waals surface area (Å²) in [4.78, 5) is 11.9. The number of amides is 1. The van der Waals surface area contributed by atoms with Crippen molar-refractivity contribution in [3.8, 4) is 11.5 Å². The van der Waals surface area contributed by atoms with Crippen LogP contribution in [0, 0.1) is 5.82 Å². The summed E-state index contributed by atoms with van der Waals surface area (Å²) >= 11 is 0. The number of hydrogen-bond acceptors (Lipinski definition) is 4.